The molecule has 5 heteroatoms. The van der Waals surface area contributed by atoms with E-state index in [-0.39, 0.29) is 13.2 Å². The highest BCUT2D eigenvalue weighted by Crippen LogP contribution is 2.22. The van der Waals surface area contributed by atoms with Crippen LogP contribution in [0.3, 0.4) is 0 Å². The number of aliphatic hydroxyl groups is 1. The summed E-state index contributed by atoms with van der Waals surface area (Å²) in [6.45, 7) is 5.11. The van der Waals surface area contributed by atoms with Crippen molar-refractivity contribution in [3.05, 3.63) is 65.2 Å². The highest BCUT2D eigenvalue weighted by molar-refractivity contribution is 5.93. The van der Waals surface area contributed by atoms with Crippen LogP contribution in [0.25, 0.3) is 0 Å². The van der Waals surface area contributed by atoms with Gasteiger partial charge in [-0.25, -0.2) is 0 Å². The molecule has 140 valence electrons. The fraction of sp³-hybridized carbons (Fsp3) is 0.381. The zero-order chi connectivity index (χ0) is 18.8. The van der Waals surface area contributed by atoms with Crippen molar-refractivity contribution in [2.24, 2.45) is 10.7 Å². The topological polar surface area (TPSA) is 79.9 Å². The summed E-state index contributed by atoms with van der Waals surface area (Å²) in [6, 6.07) is 16.1. The maximum Gasteiger partial charge on any atom is 0.193 e. The minimum Gasteiger partial charge on any atom is -0.389 e. The Morgan fingerprint density at radius 2 is 1.73 bits per heavy atom. The summed E-state index contributed by atoms with van der Waals surface area (Å²) in [7, 11) is 0. The van der Waals surface area contributed by atoms with Gasteiger partial charge < -0.3 is 20.9 Å². The van der Waals surface area contributed by atoms with E-state index < -0.39 is 6.10 Å². The van der Waals surface area contributed by atoms with Gasteiger partial charge in [0.05, 0.1) is 25.9 Å². The van der Waals surface area contributed by atoms with Crippen LogP contribution in [-0.4, -0.2) is 30.3 Å². The molecule has 0 aliphatic carbocycles. The van der Waals surface area contributed by atoms with Crippen LogP contribution in [0.4, 0.5) is 5.69 Å². The number of hydrogen-bond donors (Lipinski definition) is 3. The van der Waals surface area contributed by atoms with Crippen LogP contribution in [0.1, 0.15) is 30.5 Å². The predicted molar refractivity (Wildman–Crippen MR) is 107 cm³/mol. The second-order valence-electron chi connectivity index (χ2n) is 6.16. The second kappa shape index (κ2) is 10.6. The third-order valence-electron chi connectivity index (χ3n) is 4.15. The van der Waals surface area contributed by atoms with Crippen LogP contribution in [0.15, 0.2) is 53.5 Å². The number of aliphatic imine (C=N–C) groups is 1. The zero-order valence-corrected chi connectivity index (χ0v) is 15.6. The number of aliphatic hydroxyl groups excluding tert-OH is 1. The first kappa shape index (κ1) is 19.9. The van der Waals surface area contributed by atoms with Gasteiger partial charge in [0.15, 0.2) is 5.96 Å². The van der Waals surface area contributed by atoms with E-state index in [0.717, 1.165) is 24.1 Å². The largest absolute Gasteiger partial charge is 0.389 e. The summed E-state index contributed by atoms with van der Waals surface area (Å²) >= 11 is 0. The Morgan fingerprint density at radius 1 is 1.08 bits per heavy atom. The number of nitrogens with zero attached hydrogens (tertiary/aromatic N) is 1. The van der Waals surface area contributed by atoms with E-state index in [0.29, 0.717) is 12.6 Å². The second-order valence-corrected chi connectivity index (χ2v) is 6.16. The van der Waals surface area contributed by atoms with E-state index in [2.05, 4.69) is 42.4 Å². The number of aryl methyl sites for hydroxylation is 2. The molecule has 26 heavy (non-hydrogen) atoms. The molecule has 0 saturated heterocycles. The lowest BCUT2D eigenvalue weighted by Crippen LogP contribution is -2.27. The van der Waals surface area contributed by atoms with Gasteiger partial charge in [-0.15, -0.1) is 0 Å². The normalized spacial score (nSPS) is 12.8. The van der Waals surface area contributed by atoms with Gasteiger partial charge >= 0.3 is 0 Å². The third-order valence-corrected chi connectivity index (χ3v) is 4.15. The first-order valence-electron chi connectivity index (χ1n) is 9.11. The van der Waals surface area contributed by atoms with Gasteiger partial charge in [-0.05, 0) is 29.5 Å². The minimum atomic E-state index is -0.689. The summed E-state index contributed by atoms with van der Waals surface area (Å²) in [5.74, 6) is 0.308. The molecule has 1 atom stereocenters. The van der Waals surface area contributed by atoms with Crippen LogP contribution in [0.5, 0.6) is 0 Å². The summed E-state index contributed by atoms with van der Waals surface area (Å²) < 4.78 is 5.52. The molecule has 0 aromatic heterocycles. The fourth-order valence-corrected chi connectivity index (χ4v) is 2.71. The molecular weight excluding hydrogens is 326 g/mol. The standard InChI is InChI=1S/C21H29N3O2/c1-3-17-11-8-12-18(4-2)20(17)24-21(22)23-13-19(25)15-26-14-16-9-6-5-7-10-16/h5-12,19,25H,3-4,13-15H2,1-2H3,(H3,22,23,24). The average molecular weight is 355 g/mol. The SMILES string of the molecule is CCc1cccc(CC)c1NC(N)=NCC(O)COCc1ccccc1. The maximum atomic E-state index is 10.0. The van der Waals surface area contributed by atoms with Crippen molar-refractivity contribution >= 4 is 11.6 Å². The number of hydrogen-bond acceptors (Lipinski definition) is 3. The summed E-state index contributed by atoms with van der Waals surface area (Å²) in [5, 5.41) is 13.2. The Kier molecular flexibility index (Phi) is 8.12. The lowest BCUT2D eigenvalue weighted by Gasteiger charge is -2.15. The number of ether oxygens (including phenoxy) is 1. The summed E-state index contributed by atoms with van der Waals surface area (Å²) in [4.78, 5) is 4.25. The Labute approximate surface area is 155 Å². The number of rotatable bonds is 9. The average Bonchev–Trinajstić information content (AvgIpc) is 2.67. The van der Waals surface area contributed by atoms with Crippen molar-refractivity contribution in [1.82, 2.24) is 0 Å². The lowest BCUT2D eigenvalue weighted by atomic mass is 10.0. The monoisotopic (exact) mass is 355 g/mol. The van der Waals surface area contributed by atoms with Crippen molar-refractivity contribution in [2.75, 3.05) is 18.5 Å². The van der Waals surface area contributed by atoms with E-state index in [4.69, 9.17) is 10.5 Å². The number of nitrogens with one attached hydrogen (secondary N) is 1. The van der Waals surface area contributed by atoms with Gasteiger partial charge in [-0.3, -0.25) is 4.99 Å². The third kappa shape index (κ3) is 6.17. The van der Waals surface area contributed by atoms with Gasteiger partial charge in [-0.2, -0.15) is 0 Å². The molecule has 0 amide bonds. The van der Waals surface area contributed by atoms with Crippen molar-refractivity contribution in [2.45, 2.75) is 39.4 Å². The fourth-order valence-electron chi connectivity index (χ4n) is 2.71. The lowest BCUT2D eigenvalue weighted by molar-refractivity contribution is 0.0331. The van der Waals surface area contributed by atoms with Crippen LogP contribution in [0, 0.1) is 0 Å². The number of benzene rings is 2. The smallest absolute Gasteiger partial charge is 0.193 e. The summed E-state index contributed by atoms with van der Waals surface area (Å²) in [6.07, 6.45) is 1.14. The summed E-state index contributed by atoms with van der Waals surface area (Å²) in [5.41, 5.74) is 10.5. The Bertz CT molecular complexity index is 679. The molecule has 0 heterocycles. The Morgan fingerprint density at radius 3 is 2.35 bits per heavy atom. The van der Waals surface area contributed by atoms with E-state index in [9.17, 15) is 5.11 Å². The predicted octanol–water partition coefficient (Wildman–Crippen LogP) is 3.12. The molecule has 4 N–H and O–H groups in total. The van der Waals surface area contributed by atoms with Crippen LogP contribution in [0.2, 0.25) is 0 Å². The number of guanidine groups is 1. The molecule has 2 aromatic rings. The quantitative estimate of drug-likeness (QED) is 0.477. The number of anilines is 1. The van der Waals surface area contributed by atoms with Crippen molar-refractivity contribution in [1.29, 1.82) is 0 Å². The molecular formula is C21H29N3O2. The van der Waals surface area contributed by atoms with Crippen molar-refractivity contribution in [3.8, 4) is 0 Å². The molecule has 0 spiro atoms. The maximum absolute atomic E-state index is 10.0. The van der Waals surface area contributed by atoms with Crippen LogP contribution >= 0.6 is 0 Å². The van der Waals surface area contributed by atoms with Crippen LogP contribution in [-0.2, 0) is 24.2 Å². The van der Waals surface area contributed by atoms with Crippen LogP contribution < -0.4 is 11.1 Å². The number of para-hydroxylation sites is 1. The molecule has 0 aliphatic rings. The molecule has 0 radical (unpaired) electrons. The first-order chi connectivity index (χ1) is 12.6. The van der Waals surface area contributed by atoms with Gasteiger partial charge in [0.1, 0.15) is 0 Å². The zero-order valence-electron chi connectivity index (χ0n) is 15.6. The highest BCUT2D eigenvalue weighted by atomic mass is 16.5. The molecule has 0 bridgehead atoms. The van der Waals surface area contributed by atoms with Gasteiger partial charge in [0.2, 0.25) is 0 Å². The molecule has 0 saturated carbocycles. The Hall–Kier alpha value is -2.37. The van der Waals surface area contributed by atoms with Gasteiger partial charge in [0, 0.05) is 5.69 Å². The highest BCUT2D eigenvalue weighted by Gasteiger charge is 2.08. The van der Waals surface area contributed by atoms with Gasteiger partial charge in [-0.1, -0.05) is 62.4 Å². The molecule has 2 aromatic carbocycles. The van der Waals surface area contributed by atoms with Crippen molar-refractivity contribution < 1.29 is 9.84 Å². The van der Waals surface area contributed by atoms with E-state index in [1.54, 1.807) is 0 Å². The molecule has 0 aliphatic heterocycles. The number of nitrogens with two attached hydrogens (primary N) is 1. The van der Waals surface area contributed by atoms with E-state index in [1.165, 1.54) is 11.1 Å². The first-order valence-corrected chi connectivity index (χ1v) is 9.11. The Balaban J connectivity index is 1.84. The molecule has 0 fully saturated rings. The molecule has 2 rings (SSSR count). The van der Waals surface area contributed by atoms with E-state index >= 15 is 0 Å². The van der Waals surface area contributed by atoms with Gasteiger partial charge in [0.25, 0.3) is 0 Å². The van der Waals surface area contributed by atoms with Crippen molar-refractivity contribution in [3.63, 3.8) is 0 Å². The molecule has 1 unspecified atom stereocenters. The van der Waals surface area contributed by atoms with E-state index in [1.807, 2.05) is 30.3 Å². The molecule has 5 nitrogen and oxygen atoms in total. The minimum absolute atomic E-state index is 0.198.